The summed E-state index contributed by atoms with van der Waals surface area (Å²) in [6.07, 6.45) is 0.797. The first-order chi connectivity index (χ1) is 10.6. The number of benzene rings is 3. The fraction of sp³-hybridized carbons (Fsp3) is 0.0526. The summed E-state index contributed by atoms with van der Waals surface area (Å²) in [7, 11) is 0. The van der Waals surface area contributed by atoms with Gasteiger partial charge in [0.05, 0.1) is 0 Å². The third-order valence-electron chi connectivity index (χ3n) is 4.11. The second kappa shape index (κ2) is 4.73. The van der Waals surface area contributed by atoms with Crippen molar-refractivity contribution in [2.45, 2.75) is 6.42 Å². The lowest BCUT2D eigenvalue weighted by atomic mass is 9.99. The van der Waals surface area contributed by atoms with Crippen LogP contribution in [0.25, 0.3) is 22.3 Å². The van der Waals surface area contributed by atoms with Gasteiger partial charge in [0.25, 0.3) is 0 Å². The highest BCUT2D eigenvalue weighted by Crippen LogP contribution is 2.38. The summed E-state index contributed by atoms with van der Waals surface area (Å²) in [5.41, 5.74) is 5.72. The van der Waals surface area contributed by atoms with Gasteiger partial charge in [-0.15, -0.1) is 0 Å². The van der Waals surface area contributed by atoms with Crippen molar-refractivity contribution in [3.05, 3.63) is 83.2 Å². The molecule has 0 nitrogen and oxygen atoms in total. The van der Waals surface area contributed by atoms with Crippen LogP contribution in [0.3, 0.4) is 0 Å². The third kappa shape index (κ3) is 1.93. The molecule has 0 heterocycles. The Balaban J connectivity index is 1.82. The van der Waals surface area contributed by atoms with Crippen LogP contribution < -0.4 is 0 Å². The molecule has 3 aromatic carbocycles. The Morgan fingerprint density at radius 1 is 0.636 bits per heavy atom. The van der Waals surface area contributed by atoms with Gasteiger partial charge in [0.15, 0.2) is 17.5 Å². The Morgan fingerprint density at radius 3 is 2.09 bits per heavy atom. The molecule has 0 atom stereocenters. The molecule has 4 rings (SSSR count). The predicted octanol–water partition coefficient (Wildman–Crippen LogP) is 5.34. The summed E-state index contributed by atoms with van der Waals surface area (Å²) < 4.78 is 39.9. The molecule has 3 heteroatoms. The molecule has 3 aromatic rings. The van der Waals surface area contributed by atoms with E-state index in [1.807, 2.05) is 30.3 Å². The van der Waals surface area contributed by atoms with Gasteiger partial charge in [0, 0.05) is 0 Å². The Bertz CT molecular complexity index is 874. The first kappa shape index (κ1) is 13.1. The Kier molecular flexibility index (Phi) is 2.83. The van der Waals surface area contributed by atoms with Crippen LogP contribution in [0.4, 0.5) is 13.2 Å². The molecule has 0 spiro atoms. The lowest BCUT2D eigenvalue weighted by molar-refractivity contribution is 0.448. The van der Waals surface area contributed by atoms with Crippen molar-refractivity contribution in [2.75, 3.05) is 0 Å². The normalized spacial score (nSPS) is 12.1. The fourth-order valence-electron chi connectivity index (χ4n) is 3.05. The number of hydrogen-bond acceptors (Lipinski definition) is 0. The zero-order valence-electron chi connectivity index (χ0n) is 11.5. The van der Waals surface area contributed by atoms with E-state index in [1.165, 1.54) is 11.1 Å². The van der Waals surface area contributed by atoms with Crippen molar-refractivity contribution >= 4 is 0 Å². The smallest absolute Gasteiger partial charge is 0.194 e. The average Bonchev–Trinajstić information content (AvgIpc) is 2.89. The van der Waals surface area contributed by atoms with Gasteiger partial charge in [0.2, 0.25) is 0 Å². The highest BCUT2D eigenvalue weighted by atomic mass is 19.2. The Hall–Kier alpha value is -2.55. The topological polar surface area (TPSA) is 0 Å². The summed E-state index contributed by atoms with van der Waals surface area (Å²) in [5, 5.41) is 0. The predicted molar refractivity (Wildman–Crippen MR) is 80.0 cm³/mol. The lowest BCUT2D eigenvalue weighted by Crippen LogP contribution is -1.92. The van der Waals surface area contributed by atoms with E-state index in [2.05, 4.69) is 12.1 Å². The van der Waals surface area contributed by atoms with Crippen LogP contribution in [0.15, 0.2) is 54.6 Å². The number of halogens is 3. The number of hydrogen-bond donors (Lipinski definition) is 0. The van der Waals surface area contributed by atoms with Crippen molar-refractivity contribution in [1.29, 1.82) is 0 Å². The number of rotatable bonds is 1. The molecule has 1 aliphatic rings. The molecular formula is C19H11F3. The van der Waals surface area contributed by atoms with Crippen LogP contribution in [-0.4, -0.2) is 0 Å². The van der Waals surface area contributed by atoms with Crippen molar-refractivity contribution in [3.8, 4) is 22.3 Å². The molecule has 0 aliphatic heterocycles. The molecule has 0 bridgehead atoms. The molecular weight excluding hydrogens is 285 g/mol. The van der Waals surface area contributed by atoms with E-state index in [9.17, 15) is 13.2 Å². The van der Waals surface area contributed by atoms with Gasteiger partial charge < -0.3 is 0 Å². The molecule has 0 radical (unpaired) electrons. The molecule has 0 aromatic heterocycles. The highest BCUT2D eigenvalue weighted by Gasteiger charge is 2.19. The van der Waals surface area contributed by atoms with Gasteiger partial charge in [-0.05, 0) is 51.9 Å². The van der Waals surface area contributed by atoms with E-state index in [1.54, 1.807) is 0 Å². The molecule has 1 aliphatic carbocycles. The second-order valence-electron chi connectivity index (χ2n) is 5.46. The van der Waals surface area contributed by atoms with Crippen LogP contribution in [0.2, 0.25) is 0 Å². The highest BCUT2D eigenvalue weighted by molar-refractivity contribution is 5.80. The lowest BCUT2D eigenvalue weighted by Gasteiger charge is -2.07. The maximum Gasteiger partial charge on any atom is 0.194 e. The van der Waals surface area contributed by atoms with E-state index in [-0.39, 0.29) is 0 Å². The molecule has 0 fully saturated rings. The van der Waals surface area contributed by atoms with Crippen molar-refractivity contribution in [2.24, 2.45) is 0 Å². The van der Waals surface area contributed by atoms with Crippen LogP contribution >= 0.6 is 0 Å². The largest absolute Gasteiger partial charge is 0.204 e. The molecule has 0 N–H and O–H groups in total. The molecule has 22 heavy (non-hydrogen) atoms. The van der Waals surface area contributed by atoms with Gasteiger partial charge >= 0.3 is 0 Å². The van der Waals surface area contributed by atoms with E-state index in [0.717, 1.165) is 29.7 Å². The molecule has 0 saturated carbocycles. The van der Waals surface area contributed by atoms with Crippen molar-refractivity contribution < 1.29 is 13.2 Å². The fourth-order valence-corrected chi connectivity index (χ4v) is 3.05. The summed E-state index contributed by atoms with van der Waals surface area (Å²) in [6.45, 7) is 0. The molecule has 0 unspecified atom stereocenters. The van der Waals surface area contributed by atoms with Gasteiger partial charge in [-0.3, -0.25) is 0 Å². The first-order valence-electron chi connectivity index (χ1n) is 6.99. The van der Waals surface area contributed by atoms with Crippen LogP contribution in [0, 0.1) is 17.5 Å². The molecule has 0 saturated heterocycles. The standard InChI is InChI=1S/C19H11F3/c20-17-9-13(10-18(21)19(17)22)11-5-6-16-14(7-11)8-12-3-1-2-4-15(12)16/h1-7,9-10H,8H2. The zero-order valence-corrected chi connectivity index (χ0v) is 11.5. The monoisotopic (exact) mass is 296 g/mol. The molecule has 108 valence electrons. The minimum atomic E-state index is -1.43. The van der Waals surface area contributed by atoms with Crippen molar-refractivity contribution in [1.82, 2.24) is 0 Å². The van der Waals surface area contributed by atoms with Gasteiger partial charge in [-0.25, -0.2) is 13.2 Å². The van der Waals surface area contributed by atoms with Gasteiger partial charge in [-0.1, -0.05) is 42.5 Å². The van der Waals surface area contributed by atoms with Crippen molar-refractivity contribution in [3.63, 3.8) is 0 Å². The zero-order chi connectivity index (χ0) is 15.3. The summed E-state index contributed by atoms with van der Waals surface area (Å²) >= 11 is 0. The maximum atomic E-state index is 13.4. The number of fused-ring (bicyclic) bond motifs is 3. The maximum absolute atomic E-state index is 13.4. The second-order valence-corrected chi connectivity index (χ2v) is 5.46. The van der Waals surface area contributed by atoms with Gasteiger partial charge in [-0.2, -0.15) is 0 Å². The van der Waals surface area contributed by atoms with Gasteiger partial charge in [0.1, 0.15) is 0 Å². The van der Waals surface area contributed by atoms with E-state index < -0.39 is 17.5 Å². The summed E-state index contributed by atoms with van der Waals surface area (Å²) in [5.74, 6) is -3.77. The minimum Gasteiger partial charge on any atom is -0.204 e. The SMILES string of the molecule is Fc1cc(-c2ccc3c(c2)Cc2ccccc2-3)cc(F)c1F. The Morgan fingerprint density at radius 2 is 1.32 bits per heavy atom. The van der Waals surface area contributed by atoms with Crippen LogP contribution in [-0.2, 0) is 6.42 Å². The first-order valence-corrected chi connectivity index (χ1v) is 6.99. The third-order valence-corrected chi connectivity index (χ3v) is 4.11. The summed E-state index contributed by atoms with van der Waals surface area (Å²) in [6, 6.07) is 15.9. The van der Waals surface area contributed by atoms with E-state index in [4.69, 9.17) is 0 Å². The average molecular weight is 296 g/mol. The van der Waals surface area contributed by atoms with Crippen LogP contribution in [0.5, 0.6) is 0 Å². The molecule has 0 amide bonds. The Labute approximate surface area is 125 Å². The van der Waals surface area contributed by atoms with Crippen LogP contribution in [0.1, 0.15) is 11.1 Å². The summed E-state index contributed by atoms with van der Waals surface area (Å²) in [4.78, 5) is 0. The minimum absolute atomic E-state index is 0.343. The quantitative estimate of drug-likeness (QED) is 0.416. The van der Waals surface area contributed by atoms with E-state index in [0.29, 0.717) is 11.1 Å². The van der Waals surface area contributed by atoms with E-state index >= 15 is 0 Å².